The van der Waals surface area contributed by atoms with Crippen molar-refractivity contribution in [2.75, 3.05) is 18.6 Å². The van der Waals surface area contributed by atoms with Crippen molar-refractivity contribution < 1.29 is 9.66 Å². The first-order valence-corrected chi connectivity index (χ1v) is 7.25. The third-order valence-corrected chi connectivity index (χ3v) is 4.11. The first-order valence-electron chi connectivity index (χ1n) is 7.25. The van der Waals surface area contributed by atoms with Gasteiger partial charge < -0.3 is 9.64 Å². The standard InChI is InChI=1S/C17H18N2O3/c1-12-6-7-15(16(10-12)19(20)21)18-9-8-14-13(11-18)4-3-5-17(14)22-2/h3-7,10H,8-9,11H2,1-2H3. The molecule has 0 saturated heterocycles. The van der Waals surface area contributed by atoms with E-state index in [1.807, 2.05) is 31.2 Å². The fourth-order valence-electron chi connectivity index (χ4n) is 3.02. The summed E-state index contributed by atoms with van der Waals surface area (Å²) >= 11 is 0. The summed E-state index contributed by atoms with van der Waals surface area (Å²) < 4.78 is 5.40. The zero-order valence-corrected chi connectivity index (χ0v) is 12.7. The molecule has 0 saturated carbocycles. The van der Waals surface area contributed by atoms with Gasteiger partial charge in [0.1, 0.15) is 11.4 Å². The van der Waals surface area contributed by atoms with Crippen LogP contribution < -0.4 is 9.64 Å². The van der Waals surface area contributed by atoms with E-state index in [2.05, 4.69) is 11.0 Å². The predicted octanol–water partition coefficient (Wildman–Crippen LogP) is 3.47. The van der Waals surface area contributed by atoms with Gasteiger partial charge in [-0.15, -0.1) is 0 Å². The van der Waals surface area contributed by atoms with Crippen molar-refractivity contribution in [1.29, 1.82) is 0 Å². The van der Waals surface area contributed by atoms with Crippen LogP contribution in [0.4, 0.5) is 11.4 Å². The Hall–Kier alpha value is -2.56. The maximum Gasteiger partial charge on any atom is 0.292 e. The highest BCUT2D eigenvalue weighted by Crippen LogP contribution is 2.35. The molecule has 1 heterocycles. The molecule has 5 nitrogen and oxygen atoms in total. The Morgan fingerprint density at radius 1 is 1.27 bits per heavy atom. The largest absolute Gasteiger partial charge is 0.496 e. The Kier molecular flexibility index (Phi) is 3.71. The Balaban J connectivity index is 1.97. The molecule has 0 bridgehead atoms. The summed E-state index contributed by atoms with van der Waals surface area (Å²) in [5, 5.41) is 11.3. The summed E-state index contributed by atoms with van der Waals surface area (Å²) in [7, 11) is 1.67. The van der Waals surface area contributed by atoms with Crippen molar-refractivity contribution in [2.24, 2.45) is 0 Å². The molecule has 1 aliphatic heterocycles. The molecule has 0 aliphatic carbocycles. The molecular formula is C17H18N2O3. The van der Waals surface area contributed by atoms with E-state index in [1.54, 1.807) is 13.2 Å². The number of benzene rings is 2. The van der Waals surface area contributed by atoms with Gasteiger partial charge >= 0.3 is 0 Å². The summed E-state index contributed by atoms with van der Waals surface area (Å²) in [5.41, 5.74) is 4.13. The highest BCUT2D eigenvalue weighted by molar-refractivity contribution is 5.65. The van der Waals surface area contributed by atoms with Crippen LogP contribution in [-0.4, -0.2) is 18.6 Å². The van der Waals surface area contributed by atoms with Gasteiger partial charge in [-0.3, -0.25) is 10.1 Å². The second-order valence-corrected chi connectivity index (χ2v) is 5.52. The molecule has 0 atom stereocenters. The van der Waals surface area contributed by atoms with Crippen molar-refractivity contribution in [2.45, 2.75) is 19.9 Å². The van der Waals surface area contributed by atoms with Crippen molar-refractivity contribution >= 4 is 11.4 Å². The molecule has 0 radical (unpaired) electrons. The van der Waals surface area contributed by atoms with Gasteiger partial charge in [-0.1, -0.05) is 18.2 Å². The number of nitro benzene ring substituents is 1. The number of anilines is 1. The van der Waals surface area contributed by atoms with Crippen LogP contribution >= 0.6 is 0 Å². The van der Waals surface area contributed by atoms with E-state index < -0.39 is 0 Å². The number of ether oxygens (including phenoxy) is 1. The third kappa shape index (κ3) is 2.50. The van der Waals surface area contributed by atoms with Crippen LogP contribution in [0.15, 0.2) is 36.4 Å². The van der Waals surface area contributed by atoms with Crippen LogP contribution in [0.2, 0.25) is 0 Å². The molecule has 0 aromatic heterocycles. The van der Waals surface area contributed by atoms with Gasteiger partial charge in [-0.25, -0.2) is 0 Å². The molecule has 0 amide bonds. The lowest BCUT2D eigenvalue weighted by atomic mass is 9.98. The lowest BCUT2D eigenvalue weighted by molar-refractivity contribution is -0.384. The Bertz CT molecular complexity index is 728. The van der Waals surface area contributed by atoms with Crippen molar-refractivity contribution in [3.8, 4) is 5.75 Å². The number of fused-ring (bicyclic) bond motifs is 1. The fraction of sp³-hybridized carbons (Fsp3) is 0.294. The Morgan fingerprint density at radius 3 is 2.82 bits per heavy atom. The van der Waals surface area contributed by atoms with Gasteiger partial charge in [-0.05, 0) is 36.6 Å². The maximum atomic E-state index is 11.3. The number of hydrogen-bond donors (Lipinski definition) is 0. The van der Waals surface area contributed by atoms with Gasteiger partial charge in [0.2, 0.25) is 0 Å². The van der Waals surface area contributed by atoms with Crippen LogP contribution in [0.5, 0.6) is 5.75 Å². The van der Waals surface area contributed by atoms with E-state index in [0.29, 0.717) is 12.2 Å². The second kappa shape index (κ2) is 5.67. The molecule has 114 valence electrons. The van der Waals surface area contributed by atoms with Crippen molar-refractivity contribution in [1.82, 2.24) is 0 Å². The molecule has 5 heteroatoms. The molecular weight excluding hydrogens is 280 g/mol. The molecule has 2 aromatic carbocycles. The van der Waals surface area contributed by atoms with Gasteiger partial charge in [0.25, 0.3) is 5.69 Å². The lowest BCUT2D eigenvalue weighted by Crippen LogP contribution is -2.31. The van der Waals surface area contributed by atoms with Crippen molar-refractivity contribution in [3.63, 3.8) is 0 Å². The van der Waals surface area contributed by atoms with Crippen LogP contribution in [-0.2, 0) is 13.0 Å². The van der Waals surface area contributed by atoms with E-state index in [9.17, 15) is 10.1 Å². The summed E-state index contributed by atoms with van der Waals surface area (Å²) in [4.78, 5) is 13.1. The number of rotatable bonds is 3. The number of hydrogen-bond acceptors (Lipinski definition) is 4. The number of methoxy groups -OCH3 is 1. The smallest absolute Gasteiger partial charge is 0.292 e. The SMILES string of the molecule is COc1cccc2c1CCN(c1ccc(C)cc1[N+](=O)[O-])C2. The zero-order valence-electron chi connectivity index (χ0n) is 12.7. The number of nitro groups is 1. The van der Waals surface area contributed by atoms with Gasteiger partial charge in [0.05, 0.1) is 12.0 Å². The topological polar surface area (TPSA) is 55.6 Å². The van der Waals surface area contributed by atoms with Crippen molar-refractivity contribution in [3.05, 3.63) is 63.2 Å². The molecule has 1 aliphatic rings. The summed E-state index contributed by atoms with van der Waals surface area (Å²) in [6.45, 7) is 3.28. The molecule has 0 unspecified atom stereocenters. The summed E-state index contributed by atoms with van der Waals surface area (Å²) in [5.74, 6) is 0.899. The fourth-order valence-corrected chi connectivity index (χ4v) is 3.02. The van der Waals surface area contributed by atoms with E-state index >= 15 is 0 Å². The van der Waals surface area contributed by atoms with E-state index in [-0.39, 0.29) is 10.6 Å². The summed E-state index contributed by atoms with van der Waals surface area (Å²) in [6, 6.07) is 11.4. The normalized spacial score (nSPS) is 13.6. The number of nitrogens with zero attached hydrogens (tertiary/aromatic N) is 2. The maximum absolute atomic E-state index is 11.3. The van der Waals surface area contributed by atoms with Crippen LogP contribution in [0.1, 0.15) is 16.7 Å². The first-order chi connectivity index (χ1) is 10.6. The highest BCUT2D eigenvalue weighted by atomic mass is 16.6. The quantitative estimate of drug-likeness (QED) is 0.643. The summed E-state index contributed by atoms with van der Waals surface area (Å²) in [6.07, 6.45) is 0.824. The second-order valence-electron chi connectivity index (χ2n) is 5.52. The van der Waals surface area contributed by atoms with Crippen LogP contribution in [0, 0.1) is 17.0 Å². The minimum absolute atomic E-state index is 0.173. The van der Waals surface area contributed by atoms with E-state index in [0.717, 1.165) is 24.3 Å². The minimum atomic E-state index is -0.302. The zero-order chi connectivity index (χ0) is 15.7. The van der Waals surface area contributed by atoms with E-state index in [4.69, 9.17) is 4.74 Å². The van der Waals surface area contributed by atoms with E-state index in [1.165, 1.54) is 11.1 Å². The highest BCUT2D eigenvalue weighted by Gasteiger charge is 2.24. The monoisotopic (exact) mass is 298 g/mol. The van der Waals surface area contributed by atoms with Crippen LogP contribution in [0.3, 0.4) is 0 Å². The predicted molar refractivity (Wildman–Crippen MR) is 85.6 cm³/mol. The first kappa shape index (κ1) is 14.4. The third-order valence-electron chi connectivity index (χ3n) is 4.11. The minimum Gasteiger partial charge on any atom is -0.496 e. The lowest BCUT2D eigenvalue weighted by Gasteiger charge is -2.31. The van der Waals surface area contributed by atoms with Gasteiger partial charge in [-0.2, -0.15) is 0 Å². The molecule has 3 rings (SSSR count). The average Bonchev–Trinajstić information content (AvgIpc) is 2.53. The Morgan fingerprint density at radius 2 is 2.09 bits per heavy atom. The molecule has 0 fully saturated rings. The molecule has 2 aromatic rings. The Labute approximate surface area is 129 Å². The molecule has 0 N–H and O–H groups in total. The molecule has 22 heavy (non-hydrogen) atoms. The van der Waals surface area contributed by atoms with Gasteiger partial charge in [0, 0.05) is 24.7 Å². The molecule has 0 spiro atoms. The average molecular weight is 298 g/mol. The number of aryl methyl sites for hydroxylation is 1. The van der Waals surface area contributed by atoms with Crippen LogP contribution in [0.25, 0.3) is 0 Å². The van der Waals surface area contributed by atoms with Gasteiger partial charge in [0.15, 0.2) is 0 Å².